The lowest BCUT2D eigenvalue weighted by atomic mass is 10.0. The first-order chi connectivity index (χ1) is 6.83. The number of hydrogen-bond acceptors (Lipinski definition) is 1. The molecule has 0 atom stereocenters. The van der Waals surface area contributed by atoms with E-state index in [2.05, 4.69) is 34.1 Å². The van der Waals surface area contributed by atoms with Crippen LogP contribution in [0, 0.1) is 0 Å². The molecule has 2 heteroatoms. The van der Waals surface area contributed by atoms with E-state index in [0.717, 1.165) is 17.3 Å². The molecule has 72 valence electrons. The summed E-state index contributed by atoms with van der Waals surface area (Å²) in [6.07, 6.45) is 5.70. The van der Waals surface area contributed by atoms with Gasteiger partial charge in [0.05, 0.1) is 0 Å². The van der Waals surface area contributed by atoms with Crippen molar-refractivity contribution >= 4 is 27.8 Å². The van der Waals surface area contributed by atoms with Crippen LogP contribution in [0.5, 0.6) is 0 Å². The van der Waals surface area contributed by atoms with E-state index in [4.69, 9.17) is 0 Å². The zero-order valence-electron chi connectivity index (χ0n) is 7.79. The molecule has 0 unspecified atom stereocenters. The number of benzene rings is 1. The van der Waals surface area contributed by atoms with E-state index in [9.17, 15) is 4.79 Å². The van der Waals surface area contributed by atoms with Gasteiger partial charge in [0, 0.05) is 17.3 Å². The summed E-state index contributed by atoms with van der Waals surface area (Å²) in [5, 5.41) is 0.852. The maximum atomic E-state index is 11.5. The van der Waals surface area contributed by atoms with Crippen molar-refractivity contribution in [2.75, 3.05) is 5.33 Å². The summed E-state index contributed by atoms with van der Waals surface area (Å²) in [5.74, 6) is 0.286. The molecular weight excluding hydrogens is 240 g/mol. The SMILES string of the molecule is O=C1CCc2c(C=CCBr)cccc21. The predicted octanol–water partition coefficient (Wildman–Crippen LogP) is 3.22. The summed E-state index contributed by atoms with van der Waals surface area (Å²) in [6.45, 7) is 0. The van der Waals surface area contributed by atoms with Crippen LogP contribution in [0.15, 0.2) is 24.3 Å². The molecule has 14 heavy (non-hydrogen) atoms. The number of ketones is 1. The van der Waals surface area contributed by atoms with Crippen molar-refractivity contribution in [3.05, 3.63) is 41.0 Å². The molecule has 0 spiro atoms. The molecule has 0 heterocycles. The first kappa shape index (κ1) is 9.66. The number of Topliss-reactive ketones (excluding diaryl/α,β-unsaturated/α-hetero) is 1. The zero-order valence-corrected chi connectivity index (χ0v) is 9.38. The third-order valence-electron chi connectivity index (χ3n) is 2.50. The molecule has 1 aromatic carbocycles. The predicted molar refractivity (Wildman–Crippen MR) is 61.9 cm³/mol. The molecule has 1 aromatic rings. The maximum absolute atomic E-state index is 11.5. The average molecular weight is 251 g/mol. The van der Waals surface area contributed by atoms with Crippen molar-refractivity contribution in [1.29, 1.82) is 0 Å². The molecule has 0 N–H and O–H groups in total. The second-order valence-electron chi connectivity index (χ2n) is 3.35. The van der Waals surface area contributed by atoms with Crippen LogP contribution in [0.2, 0.25) is 0 Å². The summed E-state index contributed by atoms with van der Waals surface area (Å²) in [4.78, 5) is 11.5. The Bertz CT molecular complexity index is 393. The monoisotopic (exact) mass is 250 g/mol. The highest BCUT2D eigenvalue weighted by atomic mass is 79.9. The molecule has 1 aliphatic rings. The van der Waals surface area contributed by atoms with Gasteiger partial charge in [0.25, 0.3) is 0 Å². The fraction of sp³-hybridized carbons (Fsp3) is 0.250. The summed E-state index contributed by atoms with van der Waals surface area (Å²) in [6, 6.07) is 5.95. The second kappa shape index (κ2) is 4.09. The average Bonchev–Trinajstić information content (AvgIpc) is 2.58. The van der Waals surface area contributed by atoms with Gasteiger partial charge in [0.15, 0.2) is 5.78 Å². The Labute approximate surface area is 92.0 Å². The van der Waals surface area contributed by atoms with E-state index >= 15 is 0 Å². The Morgan fingerprint density at radius 1 is 1.36 bits per heavy atom. The Hall–Kier alpha value is -0.890. The number of hydrogen-bond donors (Lipinski definition) is 0. The van der Waals surface area contributed by atoms with Gasteiger partial charge < -0.3 is 0 Å². The maximum Gasteiger partial charge on any atom is 0.163 e. The van der Waals surface area contributed by atoms with Crippen molar-refractivity contribution in [3.8, 4) is 0 Å². The molecule has 0 aliphatic heterocycles. The lowest BCUT2D eigenvalue weighted by molar-refractivity contribution is 0.0994. The summed E-state index contributed by atoms with van der Waals surface area (Å²) in [7, 11) is 0. The van der Waals surface area contributed by atoms with Gasteiger partial charge in [-0.2, -0.15) is 0 Å². The number of alkyl halides is 1. The topological polar surface area (TPSA) is 17.1 Å². The quantitative estimate of drug-likeness (QED) is 0.737. The molecule has 0 amide bonds. The number of allylic oxidation sites excluding steroid dienone is 1. The molecule has 0 saturated carbocycles. The Morgan fingerprint density at radius 2 is 2.21 bits per heavy atom. The summed E-state index contributed by atoms with van der Waals surface area (Å²) in [5.41, 5.74) is 3.32. The number of rotatable bonds is 2. The number of halogens is 1. The van der Waals surface area contributed by atoms with Crippen LogP contribution < -0.4 is 0 Å². The third kappa shape index (κ3) is 1.67. The minimum atomic E-state index is 0.286. The Kier molecular flexibility index (Phi) is 2.82. The van der Waals surface area contributed by atoms with Gasteiger partial charge in [-0.1, -0.05) is 46.3 Å². The van der Waals surface area contributed by atoms with Gasteiger partial charge in [-0.3, -0.25) is 4.79 Å². The van der Waals surface area contributed by atoms with Crippen LogP contribution in [-0.2, 0) is 6.42 Å². The molecular formula is C12H11BrO. The lowest BCUT2D eigenvalue weighted by Gasteiger charge is -2.01. The third-order valence-corrected chi connectivity index (χ3v) is 2.88. The number of carbonyl (C=O) groups is 1. The van der Waals surface area contributed by atoms with Crippen LogP contribution >= 0.6 is 15.9 Å². The number of carbonyl (C=O) groups excluding carboxylic acids is 1. The van der Waals surface area contributed by atoms with Crippen LogP contribution in [-0.4, -0.2) is 11.1 Å². The molecule has 0 saturated heterocycles. The largest absolute Gasteiger partial charge is 0.294 e. The highest BCUT2D eigenvalue weighted by molar-refractivity contribution is 9.09. The molecule has 0 fully saturated rings. The van der Waals surface area contributed by atoms with Crippen molar-refractivity contribution in [2.24, 2.45) is 0 Å². The molecule has 1 aliphatic carbocycles. The molecule has 1 nitrogen and oxygen atoms in total. The van der Waals surface area contributed by atoms with E-state index in [-0.39, 0.29) is 5.78 Å². The second-order valence-corrected chi connectivity index (χ2v) is 4.00. The van der Waals surface area contributed by atoms with Gasteiger partial charge in [-0.15, -0.1) is 0 Å². The van der Waals surface area contributed by atoms with Crippen LogP contribution in [0.4, 0.5) is 0 Å². The minimum absolute atomic E-state index is 0.286. The Morgan fingerprint density at radius 3 is 3.00 bits per heavy atom. The van der Waals surface area contributed by atoms with E-state index in [1.807, 2.05) is 12.1 Å². The van der Waals surface area contributed by atoms with Gasteiger partial charge in [-0.05, 0) is 17.5 Å². The molecule has 2 rings (SSSR count). The molecule has 0 bridgehead atoms. The van der Waals surface area contributed by atoms with Crippen molar-refractivity contribution in [1.82, 2.24) is 0 Å². The van der Waals surface area contributed by atoms with E-state index < -0.39 is 0 Å². The first-order valence-electron chi connectivity index (χ1n) is 4.70. The molecule has 0 radical (unpaired) electrons. The van der Waals surface area contributed by atoms with Crippen molar-refractivity contribution in [2.45, 2.75) is 12.8 Å². The summed E-state index contributed by atoms with van der Waals surface area (Å²) < 4.78 is 0. The van der Waals surface area contributed by atoms with Gasteiger partial charge in [-0.25, -0.2) is 0 Å². The van der Waals surface area contributed by atoms with Crippen LogP contribution in [0.1, 0.15) is 27.9 Å². The van der Waals surface area contributed by atoms with E-state index in [1.165, 1.54) is 11.1 Å². The van der Waals surface area contributed by atoms with Crippen LogP contribution in [0.3, 0.4) is 0 Å². The normalized spacial score (nSPS) is 15.1. The lowest BCUT2D eigenvalue weighted by Crippen LogP contribution is -1.91. The highest BCUT2D eigenvalue weighted by Gasteiger charge is 2.20. The van der Waals surface area contributed by atoms with E-state index in [1.54, 1.807) is 0 Å². The van der Waals surface area contributed by atoms with Crippen LogP contribution in [0.25, 0.3) is 6.08 Å². The fourth-order valence-electron chi connectivity index (χ4n) is 1.85. The Balaban J connectivity index is 2.44. The fourth-order valence-corrected chi connectivity index (χ4v) is 2.03. The van der Waals surface area contributed by atoms with Gasteiger partial charge >= 0.3 is 0 Å². The minimum Gasteiger partial charge on any atom is -0.294 e. The zero-order chi connectivity index (χ0) is 9.97. The van der Waals surface area contributed by atoms with Gasteiger partial charge in [0.1, 0.15) is 0 Å². The van der Waals surface area contributed by atoms with Crippen molar-refractivity contribution < 1.29 is 4.79 Å². The summed E-state index contributed by atoms with van der Waals surface area (Å²) >= 11 is 3.35. The standard InChI is InChI=1S/C12H11BrO/c13-8-2-4-9-3-1-5-11-10(9)6-7-12(11)14/h1-5H,6-8H2. The first-order valence-corrected chi connectivity index (χ1v) is 5.82. The van der Waals surface area contributed by atoms with Gasteiger partial charge in [0.2, 0.25) is 0 Å². The van der Waals surface area contributed by atoms with E-state index in [0.29, 0.717) is 6.42 Å². The number of fused-ring (bicyclic) bond motifs is 1. The van der Waals surface area contributed by atoms with Crippen molar-refractivity contribution in [3.63, 3.8) is 0 Å². The highest BCUT2D eigenvalue weighted by Crippen LogP contribution is 2.25. The smallest absolute Gasteiger partial charge is 0.163 e. The molecule has 0 aromatic heterocycles.